The summed E-state index contributed by atoms with van der Waals surface area (Å²) in [6, 6.07) is 7.29. The lowest BCUT2D eigenvalue weighted by molar-refractivity contribution is -0.137. The Morgan fingerprint density at radius 2 is 2.05 bits per heavy atom. The van der Waals surface area contributed by atoms with Crippen LogP contribution in [0.1, 0.15) is 12.0 Å². The van der Waals surface area contributed by atoms with Gasteiger partial charge in [-0.05, 0) is 25.5 Å². The number of piperidine rings is 1. The van der Waals surface area contributed by atoms with Crippen LogP contribution in [0.4, 0.5) is 5.69 Å². The van der Waals surface area contributed by atoms with Crippen LogP contribution in [0.2, 0.25) is 0 Å². The molecule has 0 aromatic heterocycles. The zero-order valence-electron chi connectivity index (χ0n) is 10.7. The Bertz CT molecular complexity index is 493. The van der Waals surface area contributed by atoms with Crippen molar-refractivity contribution in [1.82, 2.24) is 5.01 Å². The predicted octanol–water partition coefficient (Wildman–Crippen LogP) is 0.828. The van der Waals surface area contributed by atoms with Gasteiger partial charge in [-0.3, -0.25) is 14.4 Å². The minimum Gasteiger partial charge on any atom is -0.379 e. The molecule has 1 unspecified atom stereocenters. The fourth-order valence-electron chi connectivity index (χ4n) is 2.10. The second-order valence-electron chi connectivity index (χ2n) is 4.77. The number of carbonyl (C=O) groups is 1. The molecule has 5 N–H and O–H groups in total. The highest BCUT2D eigenvalue weighted by Crippen LogP contribution is 2.31. The highest BCUT2D eigenvalue weighted by atomic mass is 31.1. The fourth-order valence-corrected chi connectivity index (χ4v) is 2.63. The van der Waals surface area contributed by atoms with Gasteiger partial charge >= 0.3 is 0 Å². The van der Waals surface area contributed by atoms with Gasteiger partial charge in [0, 0.05) is 12.2 Å². The van der Waals surface area contributed by atoms with Crippen LogP contribution in [0.5, 0.6) is 0 Å². The van der Waals surface area contributed by atoms with Crippen molar-refractivity contribution in [3.05, 3.63) is 29.8 Å². The van der Waals surface area contributed by atoms with Crippen molar-refractivity contribution in [2.24, 2.45) is 11.6 Å². The van der Waals surface area contributed by atoms with E-state index < -0.39 is 25.7 Å². The molecule has 1 heterocycles. The Morgan fingerprint density at radius 3 is 2.63 bits per heavy atom. The van der Waals surface area contributed by atoms with Crippen LogP contribution in [0, 0.1) is 6.92 Å². The van der Waals surface area contributed by atoms with Crippen LogP contribution < -0.4 is 16.9 Å². The maximum absolute atomic E-state index is 12.0. The van der Waals surface area contributed by atoms with E-state index in [2.05, 4.69) is 5.32 Å². The van der Waals surface area contributed by atoms with E-state index in [0.717, 1.165) is 16.3 Å². The van der Waals surface area contributed by atoms with Crippen LogP contribution in [-0.2, 0) is 9.36 Å². The number of nitrogens with zero attached hydrogens (tertiary/aromatic N) is 1. The molecule has 1 aliphatic heterocycles. The molecular formula is C12H17N4O2P. The summed E-state index contributed by atoms with van der Waals surface area (Å²) in [7, 11) is -0.433. The topological polar surface area (TPSA) is 101 Å². The van der Waals surface area contributed by atoms with Crippen LogP contribution >= 0.6 is 8.46 Å². The standard InChI is InChI=1S/C12H17N4O2P/c1-8-2-4-9(5-3-8)15-10-6-7-16(14)11(17)12(10,13)19-18/h2-5,10,15H,6-7,13-14H2,1H3/t10?,12-/m0/s1. The van der Waals surface area contributed by atoms with Crippen molar-refractivity contribution in [2.45, 2.75) is 24.7 Å². The zero-order chi connectivity index (χ0) is 14.0. The number of carbonyl (C=O) groups excluding carboxylic acids is 1. The van der Waals surface area contributed by atoms with Crippen LogP contribution in [0.3, 0.4) is 0 Å². The molecule has 1 saturated heterocycles. The second-order valence-corrected chi connectivity index (χ2v) is 5.69. The first-order valence-corrected chi connectivity index (χ1v) is 6.82. The summed E-state index contributed by atoms with van der Waals surface area (Å²) in [6.45, 7) is 2.38. The summed E-state index contributed by atoms with van der Waals surface area (Å²) in [4.78, 5) is 12.0. The number of amides is 1. The van der Waals surface area contributed by atoms with Gasteiger partial charge < -0.3 is 11.1 Å². The molecule has 19 heavy (non-hydrogen) atoms. The lowest BCUT2D eigenvalue weighted by Crippen LogP contribution is -2.66. The first-order valence-electron chi connectivity index (χ1n) is 6.00. The monoisotopic (exact) mass is 280 g/mol. The van der Waals surface area contributed by atoms with E-state index in [-0.39, 0.29) is 0 Å². The minimum absolute atomic E-state index is 0.386. The third-order valence-corrected chi connectivity index (χ3v) is 4.14. The van der Waals surface area contributed by atoms with Gasteiger partial charge in [0.05, 0.1) is 6.04 Å². The summed E-state index contributed by atoms with van der Waals surface area (Å²) in [5.74, 6) is 5.02. The molecule has 1 aromatic rings. The van der Waals surface area contributed by atoms with E-state index in [1.165, 1.54) is 0 Å². The van der Waals surface area contributed by atoms with Gasteiger partial charge in [-0.1, -0.05) is 17.7 Å². The SMILES string of the molecule is Cc1ccc(NC2CCN(N)C(=O)[C@@]2(N)P=O)cc1. The third kappa shape index (κ3) is 2.61. The minimum atomic E-state index is -1.52. The molecule has 1 fully saturated rings. The Balaban J connectivity index is 2.21. The molecule has 7 heteroatoms. The number of hydrogen-bond donors (Lipinski definition) is 3. The Hall–Kier alpha value is -1.49. The molecule has 0 radical (unpaired) electrons. The van der Waals surface area contributed by atoms with Gasteiger partial charge in [0.25, 0.3) is 5.91 Å². The highest BCUT2D eigenvalue weighted by Gasteiger charge is 2.48. The molecule has 102 valence electrons. The lowest BCUT2D eigenvalue weighted by Gasteiger charge is -2.39. The summed E-state index contributed by atoms with van der Waals surface area (Å²) < 4.78 is 11.3. The van der Waals surface area contributed by atoms with Crippen molar-refractivity contribution in [2.75, 3.05) is 11.9 Å². The molecule has 1 amide bonds. The molecule has 1 aliphatic rings. The maximum Gasteiger partial charge on any atom is 0.270 e. The van der Waals surface area contributed by atoms with Crippen LogP contribution in [-0.4, -0.2) is 28.8 Å². The van der Waals surface area contributed by atoms with Gasteiger partial charge in [-0.15, -0.1) is 0 Å². The molecule has 6 nitrogen and oxygen atoms in total. The summed E-state index contributed by atoms with van der Waals surface area (Å²) in [5, 5.41) is 2.68. The smallest absolute Gasteiger partial charge is 0.270 e. The molecule has 0 aliphatic carbocycles. The summed E-state index contributed by atoms with van der Waals surface area (Å²) >= 11 is 0. The molecule has 0 spiro atoms. The number of aryl methyl sites for hydroxylation is 1. The normalized spacial score (nSPS) is 27.6. The van der Waals surface area contributed by atoms with Gasteiger partial charge in [-0.25, -0.2) is 5.84 Å². The molecule has 1 aromatic carbocycles. The van der Waals surface area contributed by atoms with Crippen molar-refractivity contribution in [3.63, 3.8) is 0 Å². The number of rotatable bonds is 3. The number of anilines is 1. The van der Waals surface area contributed by atoms with Gasteiger partial charge in [-0.2, -0.15) is 0 Å². The number of hydrazine groups is 1. The molecule has 2 atom stereocenters. The fraction of sp³-hybridized carbons (Fsp3) is 0.417. The Kier molecular flexibility index (Phi) is 3.85. The van der Waals surface area contributed by atoms with E-state index in [9.17, 15) is 9.36 Å². The van der Waals surface area contributed by atoms with Crippen molar-refractivity contribution in [1.29, 1.82) is 0 Å². The number of benzene rings is 1. The molecule has 2 rings (SSSR count). The first kappa shape index (κ1) is 13.9. The second kappa shape index (κ2) is 5.25. The van der Waals surface area contributed by atoms with Crippen LogP contribution in [0.15, 0.2) is 24.3 Å². The van der Waals surface area contributed by atoms with Crippen LogP contribution in [0.25, 0.3) is 0 Å². The Morgan fingerprint density at radius 1 is 1.42 bits per heavy atom. The average molecular weight is 280 g/mol. The summed E-state index contributed by atoms with van der Waals surface area (Å²) in [5.41, 5.74) is 7.93. The van der Waals surface area contributed by atoms with E-state index >= 15 is 0 Å². The summed E-state index contributed by atoms with van der Waals surface area (Å²) in [6.07, 6.45) is 0.544. The Labute approximate surface area is 113 Å². The first-order chi connectivity index (χ1) is 8.97. The number of nitrogens with two attached hydrogens (primary N) is 2. The lowest BCUT2D eigenvalue weighted by atomic mass is 9.99. The van der Waals surface area contributed by atoms with E-state index in [1.54, 1.807) is 0 Å². The quantitative estimate of drug-likeness (QED) is 0.432. The van der Waals surface area contributed by atoms with Crippen molar-refractivity contribution >= 4 is 20.1 Å². The molecule has 0 bridgehead atoms. The van der Waals surface area contributed by atoms with E-state index in [4.69, 9.17) is 11.6 Å². The molecular weight excluding hydrogens is 263 g/mol. The number of hydrogen-bond acceptors (Lipinski definition) is 5. The van der Waals surface area contributed by atoms with Gasteiger partial charge in [0.15, 0.2) is 13.7 Å². The highest BCUT2D eigenvalue weighted by molar-refractivity contribution is 7.27. The van der Waals surface area contributed by atoms with Gasteiger partial charge in [0.2, 0.25) is 0 Å². The van der Waals surface area contributed by atoms with E-state index in [0.29, 0.717) is 13.0 Å². The third-order valence-electron chi connectivity index (χ3n) is 3.34. The maximum atomic E-state index is 12.0. The largest absolute Gasteiger partial charge is 0.379 e. The average Bonchev–Trinajstić information content (AvgIpc) is 2.42. The molecule has 0 saturated carbocycles. The zero-order valence-corrected chi connectivity index (χ0v) is 11.6. The van der Waals surface area contributed by atoms with Gasteiger partial charge in [0.1, 0.15) is 0 Å². The van der Waals surface area contributed by atoms with Crippen molar-refractivity contribution in [3.8, 4) is 0 Å². The van der Waals surface area contributed by atoms with Crippen molar-refractivity contribution < 1.29 is 9.36 Å². The predicted molar refractivity (Wildman–Crippen MR) is 73.6 cm³/mol. The van der Waals surface area contributed by atoms with E-state index in [1.807, 2.05) is 31.2 Å². The number of nitrogens with one attached hydrogen (secondary N) is 1.